The second-order valence-corrected chi connectivity index (χ2v) is 32.4. The Hall–Kier alpha value is -5.74. The van der Waals surface area contributed by atoms with Crippen molar-refractivity contribution in [3.63, 3.8) is 0 Å². The third-order valence-corrected chi connectivity index (χ3v) is 27.5. The molecule has 10 rings (SSSR count). The van der Waals surface area contributed by atoms with Crippen LogP contribution in [-0.2, 0) is 4.66 Å². The lowest BCUT2D eigenvalue weighted by molar-refractivity contribution is 0.452. The number of fused-ring (bicyclic) bond motifs is 7. The summed E-state index contributed by atoms with van der Waals surface area (Å²) in [4.78, 5) is 5.26. The minimum Gasteiger partial charge on any atom is -0.457 e. The quantitative estimate of drug-likeness (QED) is 0.119. The third kappa shape index (κ3) is 4.98. The summed E-state index contributed by atoms with van der Waals surface area (Å²) in [6.45, 7) is 15.5. The second-order valence-electron chi connectivity index (χ2n) is 17.6. The Morgan fingerprint density at radius 2 is 1.04 bits per heavy atom. The van der Waals surface area contributed by atoms with Crippen molar-refractivity contribution in [3.05, 3.63) is 187 Å². The first-order chi connectivity index (χ1) is 27.6. The fourth-order valence-corrected chi connectivity index (χ4v) is 28.9. The molecule has 0 spiro atoms. The summed E-state index contributed by atoms with van der Waals surface area (Å²) >= 11 is 0. The van der Waals surface area contributed by atoms with Crippen LogP contribution in [0.5, 0.6) is 11.5 Å². The molecule has 1 aliphatic rings. The van der Waals surface area contributed by atoms with Gasteiger partial charge in [0.1, 0.15) is 11.5 Å². The van der Waals surface area contributed by atoms with Gasteiger partial charge in [-0.15, -0.1) is 0 Å². The summed E-state index contributed by atoms with van der Waals surface area (Å²) in [6.07, 6.45) is 0. The van der Waals surface area contributed by atoms with Crippen LogP contribution in [0.25, 0.3) is 33.5 Å². The average Bonchev–Trinajstić information content (AvgIpc) is 3.75. The molecule has 7 aromatic carbocycles. The number of rotatable bonds is 7. The van der Waals surface area contributed by atoms with Gasteiger partial charge in [0.2, 0.25) is 5.78 Å². The van der Waals surface area contributed by atoms with Crippen LogP contribution in [0.15, 0.2) is 176 Å². The maximum Gasteiger partial charge on any atom is 0.220 e. The molecule has 280 valence electrons. The predicted molar refractivity (Wildman–Crippen MR) is 247 cm³/mol. The van der Waals surface area contributed by atoms with E-state index in [0.29, 0.717) is 0 Å². The van der Waals surface area contributed by atoms with Crippen molar-refractivity contribution in [2.75, 3.05) is 0 Å². The number of nitrogens with zero attached hydrogens (tertiary/aromatic N) is 3. The fraction of sp³-hybridized carbons (Fsp3) is 0.140. The van der Waals surface area contributed by atoms with E-state index in [1.165, 1.54) is 31.9 Å². The zero-order valence-electron chi connectivity index (χ0n) is 33.5. The number of imidazole rings is 2. The molecule has 0 bridgehead atoms. The Labute approximate surface area is 338 Å². The lowest BCUT2D eigenvalue weighted by Crippen LogP contribution is -2.75. The Morgan fingerprint density at radius 3 is 1.72 bits per heavy atom. The number of hydrogen-bond acceptors (Lipinski definition) is 2. The van der Waals surface area contributed by atoms with Gasteiger partial charge in [0.15, 0.2) is 8.07 Å². The Balaban J connectivity index is 1.34. The van der Waals surface area contributed by atoms with Crippen molar-refractivity contribution in [2.45, 2.75) is 43.9 Å². The smallest absolute Gasteiger partial charge is 0.220 e. The van der Waals surface area contributed by atoms with Gasteiger partial charge >= 0.3 is 0 Å². The van der Waals surface area contributed by atoms with Crippen molar-refractivity contribution in [1.29, 1.82) is 0 Å². The summed E-state index contributed by atoms with van der Waals surface area (Å²) < 4.78 is 12.0. The average molecular weight is 790 g/mol. The van der Waals surface area contributed by atoms with Crippen molar-refractivity contribution in [3.8, 4) is 17.2 Å². The minimum atomic E-state index is -3.13. The van der Waals surface area contributed by atoms with Crippen LogP contribution in [0, 0.1) is 0 Å². The van der Waals surface area contributed by atoms with Gasteiger partial charge in [-0.3, -0.25) is 8.97 Å². The lowest BCUT2D eigenvalue weighted by atomic mass is 9.98. The molecule has 4 nitrogen and oxygen atoms in total. The molecule has 0 amide bonds. The zero-order valence-corrected chi connectivity index (χ0v) is 36.5. The summed E-state index contributed by atoms with van der Waals surface area (Å²) in [5.74, 6) is 2.97. The number of ether oxygens (including phenoxy) is 1. The molecular weight excluding hydrogens is 743 g/mol. The standard InChI is InChI=1S/C50H47N3OSi3/c1-55(2,3)50(56(4,5)6)40-27-13-18-33-46(40)54-48-41(50)28-20-34-47(48)57(37-22-9-7-10-23-37,38-24-11-8-12-25-38)39-26-19-21-36(35-39)52-44-31-16-17-32-45(44)53-43-30-15-14-29-42(43)51-49(52)53/h7-35H,1-6H3. The third-order valence-electron chi connectivity index (χ3n) is 12.6. The number of aromatic nitrogens is 3. The van der Waals surface area contributed by atoms with E-state index in [1.807, 2.05) is 0 Å². The van der Waals surface area contributed by atoms with Gasteiger partial charge < -0.3 is 4.74 Å². The van der Waals surface area contributed by atoms with Crippen molar-refractivity contribution in [2.24, 2.45) is 0 Å². The van der Waals surface area contributed by atoms with Crippen LogP contribution >= 0.6 is 0 Å². The SMILES string of the molecule is C[Si](C)(C)C1([Si](C)(C)C)c2ccccc2Oc2c1cccc2[Si](c1ccccc1)(c1ccccc1)c1cccc(-n2c3ccccc3n3c4ccccc4nc23)c1. The molecule has 0 N–H and O–H groups in total. The molecule has 0 aliphatic carbocycles. The molecule has 2 aromatic heterocycles. The van der Waals surface area contributed by atoms with Gasteiger partial charge in [0.05, 0.1) is 38.2 Å². The van der Waals surface area contributed by atoms with Gasteiger partial charge in [-0.25, -0.2) is 4.98 Å². The first-order valence-electron chi connectivity index (χ1n) is 20.1. The summed E-state index contributed by atoms with van der Waals surface area (Å²) in [5, 5.41) is 5.24. The molecule has 1 aliphatic heterocycles. The highest BCUT2D eigenvalue weighted by Gasteiger charge is 2.60. The van der Waals surface area contributed by atoms with E-state index in [1.54, 1.807) is 0 Å². The monoisotopic (exact) mass is 789 g/mol. The fourth-order valence-electron chi connectivity index (χ4n) is 10.9. The van der Waals surface area contributed by atoms with Crippen LogP contribution < -0.4 is 25.5 Å². The van der Waals surface area contributed by atoms with Gasteiger partial charge in [-0.05, 0) is 68.8 Å². The van der Waals surface area contributed by atoms with Gasteiger partial charge in [0, 0.05) is 15.9 Å². The van der Waals surface area contributed by atoms with Crippen molar-refractivity contribution >= 4 is 72.8 Å². The van der Waals surface area contributed by atoms with Crippen molar-refractivity contribution < 1.29 is 4.74 Å². The first-order valence-corrected chi connectivity index (χ1v) is 29.1. The van der Waals surface area contributed by atoms with Crippen LogP contribution in [0.2, 0.25) is 39.3 Å². The highest BCUT2D eigenvalue weighted by atomic mass is 28.4. The van der Waals surface area contributed by atoms with Gasteiger partial charge in [0.25, 0.3) is 0 Å². The topological polar surface area (TPSA) is 31.5 Å². The number of para-hydroxylation sites is 6. The maximum atomic E-state index is 7.44. The number of hydrogen-bond donors (Lipinski definition) is 0. The summed E-state index contributed by atoms with van der Waals surface area (Å²) in [6, 6.07) is 65.1. The molecular formula is C50H47N3OSi3. The van der Waals surface area contributed by atoms with E-state index in [0.717, 1.165) is 45.0 Å². The lowest BCUT2D eigenvalue weighted by Gasteiger charge is -2.55. The Morgan fingerprint density at radius 1 is 0.491 bits per heavy atom. The van der Waals surface area contributed by atoms with Gasteiger partial charge in [-0.1, -0.05) is 173 Å². The van der Waals surface area contributed by atoms with Crippen LogP contribution in [0.3, 0.4) is 0 Å². The predicted octanol–water partition coefficient (Wildman–Crippen LogP) is 9.96. The molecule has 9 aromatic rings. The van der Waals surface area contributed by atoms with E-state index >= 15 is 0 Å². The molecule has 7 heteroatoms. The van der Waals surface area contributed by atoms with Crippen LogP contribution in [0.4, 0.5) is 0 Å². The molecule has 57 heavy (non-hydrogen) atoms. The van der Waals surface area contributed by atoms with E-state index < -0.39 is 24.2 Å². The normalized spacial score (nSPS) is 14.1. The largest absolute Gasteiger partial charge is 0.457 e. The van der Waals surface area contributed by atoms with Crippen LogP contribution in [-0.4, -0.2) is 38.2 Å². The second kappa shape index (κ2) is 12.9. The highest BCUT2D eigenvalue weighted by Crippen LogP contribution is 2.56. The van der Waals surface area contributed by atoms with E-state index in [9.17, 15) is 0 Å². The van der Waals surface area contributed by atoms with E-state index in [4.69, 9.17) is 9.72 Å². The number of benzene rings is 7. The molecule has 0 radical (unpaired) electrons. The summed E-state index contributed by atoms with van der Waals surface area (Å²) in [7, 11) is -7.11. The maximum absolute atomic E-state index is 7.44. The minimum absolute atomic E-state index is 0.0894. The Kier molecular flexibility index (Phi) is 8.07. The van der Waals surface area contributed by atoms with Crippen molar-refractivity contribution in [1.82, 2.24) is 14.0 Å². The van der Waals surface area contributed by atoms with Crippen LogP contribution in [0.1, 0.15) is 11.1 Å². The molecule has 0 saturated heterocycles. The molecule has 0 atom stereocenters. The highest BCUT2D eigenvalue weighted by molar-refractivity contribution is 7.20. The molecule has 0 fully saturated rings. The molecule has 0 unspecified atom stereocenters. The summed E-state index contributed by atoms with van der Waals surface area (Å²) in [5.41, 5.74) is 8.20. The zero-order chi connectivity index (χ0) is 39.2. The molecule has 3 heterocycles. The Bertz CT molecular complexity index is 2920. The first kappa shape index (κ1) is 35.7. The molecule has 0 saturated carbocycles. The van der Waals surface area contributed by atoms with E-state index in [2.05, 4.69) is 224 Å². The van der Waals surface area contributed by atoms with Gasteiger partial charge in [-0.2, -0.15) is 0 Å². The van der Waals surface area contributed by atoms with E-state index in [-0.39, 0.29) is 4.66 Å².